The van der Waals surface area contributed by atoms with Crippen LogP contribution in [0.25, 0.3) is 0 Å². The normalized spacial score (nSPS) is 28.3. The van der Waals surface area contributed by atoms with Gasteiger partial charge in [0.05, 0.1) is 18.1 Å². The summed E-state index contributed by atoms with van der Waals surface area (Å²) in [5, 5.41) is 0. The van der Waals surface area contributed by atoms with Crippen molar-refractivity contribution in [1.82, 2.24) is 9.21 Å². The zero-order chi connectivity index (χ0) is 16.7. The van der Waals surface area contributed by atoms with Crippen LogP contribution in [-0.4, -0.2) is 67.0 Å². The van der Waals surface area contributed by atoms with Crippen LogP contribution in [0.3, 0.4) is 0 Å². The molecule has 0 N–H and O–H groups in total. The molecule has 2 aliphatic heterocycles. The van der Waals surface area contributed by atoms with Gasteiger partial charge in [-0.05, 0) is 32.6 Å². The molecule has 3 rings (SSSR count). The van der Waals surface area contributed by atoms with Crippen LogP contribution >= 0.6 is 0 Å². The van der Waals surface area contributed by atoms with Gasteiger partial charge in [-0.25, -0.2) is 8.42 Å². The van der Waals surface area contributed by atoms with Gasteiger partial charge in [0.15, 0.2) is 0 Å². The number of piperazine rings is 1. The summed E-state index contributed by atoms with van der Waals surface area (Å²) in [4.78, 5) is 26.3. The molecule has 1 spiro atoms. The third-order valence-corrected chi connectivity index (χ3v) is 7.26. The largest absolute Gasteiger partial charge is 0.458 e. The summed E-state index contributed by atoms with van der Waals surface area (Å²) in [5.74, 6) is -0.648. The molecule has 2 saturated heterocycles. The number of carbonyl (C=O) groups is 2. The van der Waals surface area contributed by atoms with Gasteiger partial charge in [0.1, 0.15) is 5.60 Å². The number of hydrogen-bond acceptors (Lipinski definition) is 5. The monoisotopic (exact) mass is 344 g/mol. The molecule has 1 amide bonds. The molecule has 7 nitrogen and oxygen atoms in total. The molecule has 2 heterocycles. The van der Waals surface area contributed by atoms with E-state index in [1.54, 1.807) is 11.8 Å². The molecule has 0 aromatic rings. The lowest BCUT2D eigenvalue weighted by molar-refractivity contribution is -0.152. The van der Waals surface area contributed by atoms with Crippen LogP contribution in [0.15, 0.2) is 0 Å². The average Bonchev–Trinajstić information content (AvgIpc) is 3.14. The summed E-state index contributed by atoms with van der Waals surface area (Å²) < 4.78 is 30.8. The van der Waals surface area contributed by atoms with E-state index in [9.17, 15) is 18.0 Å². The van der Waals surface area contributed by atoms with Crippen molar-refractivity contribution in [2.75, 3.05) is 31.9 Å². The summed E-state index contributed by atoms with van der Waals surface area (Å²) >= 11 is 0. The molecule has 0 aromatic heterocycles. The van der Waals surface area contributed by atoms with Crippen LogP contribution in [0.5, 0.6) is 0 Å². The number of ether oxygens (including phenoxy) is 1. The second kappa shape index (κ2) is 6.05. The second-order valence-corrected chi connectivity index (χ2v) is 8.89. The molecule has 1 saturated carbocycles. The summed E-state index contributed by atoms with van der Waals surface area (Å²) in [6.45, 7) is 3.06. The summed E-state index contributed by atoms with van der Waals surface area (Å²) in [6, 6.07) is 0. The van der Waals surface area contributed by atoms with Gasteiger partial charge in [0.25, 0.3) is 0 Å². The number of hydrogen-bond donors (Lipinski definition) is 0. The lowest BCUT2D eigenvalue weighted by Crippen LogP contribution is -2.54. The zero-order valence-electron chi connectivity index (χ0n) is 13.5. The second-order valence-electron chi connectivity index (χ2n) is 6.63. The molecule has 3 fully saturated rings. The molecular weight excluding hydrogens is 320 g/mol. The lowest BCUT2D eigenvalue weighted by Gasteiger charge is -2.37. The number of sulfonamides is 1. The van der Waals surface area contributed by atoms with Gasteiger partial charge in [-0.1, -0.05) is 0 Å². The van der Waals surface area contributed by atoms with Crippen LogP contribution in [0.4, 0.5) is 0 Å². The minimum absolute atomic E-state index is 0.0497. The molecule has 1 unspecified atom stereocenters. The van der Waals surface area contributed by atoms with Gasteiger partial charge in [0.2, 0.25) is 15.9 Å². The molecule has 0 bridgehead atoms. The van der Waals surface area contributed by atoms with E-state index in [2.05, 4.69) is 0 Å². The maximum atomic E-state index is 12.9. The maximum Gasteiger partial charge on any atom is 0.307 e. The number of esters is 1. The van der Waals surface area contributed by atoms with Gasteiger partial charge in [-0.3, -0.25) is 9.59 Å². The predicted octanol–water partition coefficient (Wildman–Crippen LogP) is 0.356. The van der Waals surface area contributed by atoms with E-state index in [-0.39, 0.29) is 24.1 Å². The Morgan fingerprint density at radius 2 is 1.83 bits per heavy atom. The van der Waals surface area contributed by atoms with Crippen LogP contribution in [0, 0.1) is 5.92 Å². The lowest BCUT2D eigenvalue weighted by atomic mass is 9.84. The highest BCUT2D eigenvalue weighted by atomic mass is 32.2. The molecule has 3 aliphatic rings. The van der Waals surface area contributed by atoms with Crippen molar-refractivity contribution in [2.45, 2.75) is 44.6 Å². The van der Waals surface area contributed by atoms with Crippen molar-refractivity contribution < 1.29 is 22.7 Å². The van der Waals surface area contributed by atoms with Crippen molar-refractivity contribution in [3.8, 4) is 0 Å². The van der Waals surface area contributed by atoms with Crippen LogP contribution in [0.2, 0.25) is 0 Å². The van der Waals surface area contributed by atoms with Gasteiger partial charge in [-0.15, -0.1) is 0 Å². The third kappa shape index (κ3) is 2.98. The fourth-order valence-electron chi connectivity index (χ4n) is 4.02. The van der Waals surface area contributed by atoms with E-state index in [1.165, 1.54) is 4.31 Å². The van der Waals surface area contributed by atoms with Gasteiger partial charge in [0, 0.05) is 26.2 Å². The van der Waals surface area contributed by atoms with Crippen LogP contribution in [0.1, 0.15) is 39.0 Å². The first-order valence-electron chi connectivity index (χ1n) is 8.36. The van der Waals surface area contributed by atoms with Crippen molar-refractivity contribution in [3.05, 3.63) is 0 Å². The third-order valence-electron chi connectivity index (χ3n) is 5.38. The average molecular weight is 344 g/mol. The zero-order valence-corrected chi connectivity index (χ0v) is 14.3. The molecular formula is C15H24N2O5S. The number of carbonyl (C=O) groups excluding carboxylic acids is 2. The van der Waals surface area contributed by atoms with Crippen molar-refractivity contribution in [1.29, 1.82) is 0 Å². The first-order chi connectivity index (χ1) is 10.9. The van der Waals surface area contributed by atoms with Crippen LogP contribution < -0.4 is 0 Å². The van der Waals surface area contributed by atoms with Gasteiger partial charge in [-0.2, -0.15) is 4.31 Å². The van der Waals surface area contributed by atoms with E-state index >= 15 is 0 Å². The van der Waals surface area contributed by atoms with E-state index in [4.69, 9.17) is 4.74 Å². The maximum absolute atomic E-state index is 12.9. The molecule has 130 valence electrons. The van der Waals surface area contributed by atoms with E-state index in [0.717, 1.165) is 25.7 Å². The Bertz CT molecular complexity index is 589. The predicted molar refractivity (Wildman–Crippen MR) is 83.0 cm³/mol. The SMILES string of the molecule is CCS(=O)(=O)N1CCN(C(=O)C2CC(=O)OC23CCCC3)CC1. The van der Waals surface area contributed by atoms with Crippen molar-refractivity contribution in [2.24, 2.45) is 5.92 Å². The van der Waals surface area contributed by atoms with E-state index in [1.807, 2.05) is 0 Å². The summed E-state index contributed by atoms with van der Waals surface area (Å²) in [7, 11) is -3.20. The summed E-state index contributed by atoms with van der Waals surface area (Å²) in [6.07, 6.45) is 3.66. The quantitative estimate of drug-likeness (QED) is 0.690. The highest BCUT2D eigenvalue weighted by Crippen LogP contribution is 2.46. The molecule has 1 aliphatic carbocycles. The minimum Gasteiger partial charge on any atom is -0.458 e. The Kier molecular flexibility index (Phi) is 4.39. The van der Waals surface area contributed by atoms with Gasteiger partial charge < -0.3 is 9.64 Å². The van der Waals surface area contributed by atoms with E-state index < -0.39 is 21.5 Å². The smallest absolute Gasteiger partial charge is 0.307 e. The van der Waals surface area contributed by atoms with Crippen LogP contribution in [-0.2, 0) is 24.3 Å². The van der Waals surface area contributed by atoms with E-state index in [0.29, 0.717) is 26.2 Å². The number of rotatable bonds is 3. The molecule has 0 aromatic carbocycles. The Hall–Kier alpha value is -1.15. The minimum atomic E-state index is -3.20. The fraction of sp³-hybridized carbons (Fsp3) is 0.867. The number of nitrogens with zero attached hydrogens (tertiary/aromatic N) is 2. The van der Waals surface area contributed by atoms with Crippen molar-refractivity contribution >= 4 is 21.9 Å². The highest BCUT2D eigenvalue weighted by Gasteiger charge is 2.55. The standard InChI is InChI=1S/C15H24N2O5S/c1-2-23(20,21)17-9-7-16(8-10-17)14(19)12-11-13(18)22-15(12)5-3-4-6-15/h12H,2-11H2,1H3. The highest BCUT2D eigenvalue weighted by molar-refractivity contribution is 7.89. The fourth-order valence-corrected chi connectivity index (χ4v) is 5.10. The molecule has 1 atom stereocenters. The first-order valence-corrected chi connectivity index (χ1v) is 9.97. The topological polar surface area (TPSA) is 84.0 Å². The Balaban J connectivity index is 1.67. The first kappa shape index (κ1) is 16.7. The molecule has 23 heavy (non-hydrogen) atoms. The van der Waals surface area contributed by atoms with Gasteiger partial charge >= 0.3 is 5.97 Å². The Morgan fingerprint density at radius 3 is 2.39 bits per heavy atom. The molecule has 0 radical (unpaired) electrons. The Morgan fingerprint density at radius 1 is 1.22 bits per heavy atom. The number of amides is 1. The molecule has 8 heteroatoms. The summed E-state index contributed by atoms with van der Waals surface area (Å²) in [5.41, 5.74) is -0.596. The van der Waals surface area contributed by atoms with Crippen molar-refractivity contribution in [3.63, 3.8) is 0 Å². The Labute approximate surface area is 137 Å².